The number of aromatic amines is 1. The Morgan fingerprint density at radius 1 is 1.44 bits per heavy atom. The van der Waals surface area contributed by atoms with Crippen LogP contribution in [0.2, 0.25) is 0 Å². The van der Waals surface area contributed by atoms with Crippen LogP contribution in [0.15, 0.2) is 18.2 Å². The van der Waals surface area contributed by atoms with Crippen LogP contribution < -0.4 is 10.1 Å². The molecule has 1 amide bonds. The highest BCUT2D eigenvalue weighted by Gasteiger charge is 2.28. The lowest BCUT2D eigenvalue weighted by atomic mass is 9.99. The number of nitrogens with one attached hydrogen (secondary N) is 2. The molecule has 0 aromatic carbocycles. The molecule has 3 heterocycles. The highest BCUT2D eigenvalue weighted by atomic mass is 32.1. The van der Waals surface area contributed by atoms with Crippen molar-refractivity contribution in [2.24, 2.45) is 5.92 Å². The summed E-state index contributed by atoms with van der Waals surface area (Å²) in [5.74, 6) is 1.77. The zero-order valence-electron chi connectivity index (χ0n) is 16.4. The van der Waals surface area contributed by atoms with Gasteiger partial charge in [-0.3, -0.25) is 14.8 Å². The predicted octanol–water partition coefficient (Wildman–Crippen LogP) is 2.82. The molecule has 0 radical (unpaired) electrons. The lowest BCUT2D eigenvalue weighted by Gasteiger charge is -2.23. The van der Waals surface area contributed by atoms with E-state index in [9.17, 15) is 4.79 Å². The maximum absolute atomic E-state index is 11.1. The Morgan fingerprint density at radius 3 is 2.93 bits per heavy atom. The average molecular weight is 392 g/mol. The summed E-state index contributed by atoms with van der Waals surface area (Å²) in [6.45, 7) is 7.76. The summed E-state index contributed by atoms with van der Waals surface area (Å²) in [6, 6.07) is 6.33. The van der Waals surface area contributed by atoms with Gasteiger partial charge in [0.1, 0.15) is 0 Å². The zero-order valence-corrected chi connectivity index (χ0v) is 17.4. The van der Waals surface area contributed by atoms with E-state index in [0.717, 1.165) is 30.9 Å². The SMILES string of the molecule is COc1cc(C[C@@H]2CCN(C(C)c3cc(NC(C)=O)n[nH]3)C2)cc(C)n1.S. The van der Waals surface area contributed by atoms with Gasteiger partial charge in [0.05, 0.1) is 12.8 Å². The van der Waals surface area contributed by atoms with E-state index in [2.05, 4.69) is 38.4 Å². The van der Waals surface area contributed by atoms with Crippen molar-refractivity contribution in [3.05, 3.63) is 35.2 Å². The molecule has 2 aromatic rings. The number of aromatic nitrogens is 3. The van der Waals surface area contributed by atoms with Crippen molar-refractivity contribution in [1.29, 1.82) is 0 Å². The second kappa shape index (κ2) is 9.23. The maximum atomic E-state index is 11.1. The number of nitrogens with zero attached hydrogens (tertiary/aromatic N) is 3. The van der Waals surface area contributed by atoms with Crippen LogP contribution in [0.25, 0.3) is 0 Å². The predicted molar refractivity (Wildman–Crippen MR) is 111 cm³/mol. The van der Waals surface area contributed by atoms with Crippen molar-refractivity contribution in [3.8, 4) is 5.88 Å². The van der Waals surface area contributed by atoms with Gasteiger partial charge in [0.15, 0.2) is 5.82 Å². The van der Waals surface area contributed by atoms with Gasteiger partial charge in [0.2, 0.25) is 11.8 Å². The lowest BCUT2D eigenvalue weighted by molar-refractivity contribution is -0.114. The smallest absolute Gasteiger partial charge is 0.222 e. The topological polar surface area (TPSA) is 83.1 Å². The van der Waals surface area contributed by atoms with Gasteiger partial charge >= 0.3 is 0 Å². The Labute approximate surface area is 167 Å². The molecule has 1 saturated heterocycles. The van der Waals surface area contributed by atoms with Gasteiger partial charge in [0, 0.05) is 37.3 Å². The first-order valence-corrected chi connectivity index (χ1v) is 9.03. The standard InChI is InChI=1S/C19H27N5O2.H2S/c1-12-7-16(9-19(20-12)26-4)8-15-5-6-24(11-15)13(2)17-10-18(23-22-17)21-14(3)25;/h7,9-10,13,15H,5-6,8,11H2,1-4H3,(H2,21,22,23,25);1H2/t13?,15-;/m0./s1. The molecule has 148 valence electrons. The fourth-order valence-corrected chi connectivity index (χ4v) is 3.64. The van der Waals surface area contributed by atoms with Gasteiger partial charge in [-0.05, 0) is 50.8 Å². The average Bonchev–Trinajstić information content (AvgIpc) is 3.22. The van der Waals surface area contributed by atoms with E-state index in [0.29, 0.717) is 17.6 Å². The summed E-state index contributed by atoms with van der Waals surface area (Å²) in [7, 11) is 1.66. The van der Waals surface area contributed by atoms with Crippen molar-refractivity contribution < 1.29 is 9.53 Å². The number of methoxy groups -OCH3 is 1. The van der Waals surface area contributed by atoms with Crippen LogP contribution in [0.1, 0.15) is 43.3 Å². The first kappa shape index (κ1) is 21.2. The summed E-state index contributed by atoms with van der Waals surface area (Å²) < 4.78 is 5.28. The molecule has 7 nitrogen and oxygen atoms in total. The number of aryl methyl sites for hydroxylation is 1. The van der Waals surface area contributed by atoms with Gasteiger partial charge < -0.3 is 10.1 Å². The molecular weight excluding hydrogens is 362 g/mol. The fourth-order valence-electron chi connectivity index (χ4n) is 3.64. The van der Waals surface area contributed by atoms with E-state index >= 15 is 0 Å². The van der Waals surface area contributed by atoms with Crippen LogP contribution in [0, 0.1) is 12.8 Å². The van der Waals surface area contributed by atoms with Crippen LogP contribution in [-0.2, 0) is 11.2 Å². The third-order valence-corrected chi connectivity index (χ3v) is 4.94. The third-order valence-electron chi connectivity index (χ3n) is 4.94. The first-order valence-electron chi connectivity index (χ1n) is 9.03. The molecule has 27 heavy (non-hydrogen) atoms. The Morgan fingerprint density at radius 2 is 2.22 bits per heavy atom. The third kappa shape index (κ3) is 5.46. The molecule has 0 aliphatic carbocycles. The lowest BCUT2D eigenvalue weighted by Crippen LogP contribution is -2.25. The number of hydrogen-bond donors (Lipinski definition) is 2. The fraction of sp³-hybridized carbons (Fsp3) is 0.526. The second-order valence-corrected chi connectivity index (χ2v) is 7.08. The number of likely N-dealkylation sites (tertiary alicyclic amines) is 1. The number of amides is 1. The Hall–Kier alpha value is -2.06. The highest BCUT2D eigenvalue weighted by Crippen LogP contribution is 2.29. The minimum absolute atomic E-state index is 0. The number of anilines is 1. The monoisotopic (exact) mass is 391 g/mol. The van der Waals surface area contributed by atoms with Crippen molar-refractivity contribution in [3.63, 3.8) is 0 Å². The minimum atomic E-state index is -0.111. The molecule has 0 saturated carbocycles. The molecule has 1 aliphatic rings. The molecule has 8 heteroatoms. The van der Waals surface area contributed by atoms with E-state index < -0.39 is 0 Å². The quantitative estimate of drug-likeness (QED) is 0.791. The van der Waals surface area contributed by atoms with Crippen LogP contribution >= 0.6 is 13.5 Å². The minimum Gasteiger partial charge on any atom is -0.481 e. The van der Waals surface area contributed by atoms with E-state index in [4.69, 9.17) is 4.74 Å². The number of rotatable bonds is 6. The van der Waals surface area contributed by atoms with Gasteiger partial charge in [-0.25, -0.2) is 4.98 Å². The van der Waals surface area contributed by atoms with Crippen LogP contribution in [0.3, 0.4) is 0 Å². The molecule has 3 rings (SSSR count). The maximum Gasteiger partial charge on any atom is 0.222 e. The van der Waals surface area contributed by atoms with Crippen LogP contribution in [0.4, 0.5) is 5.82 Å². The molecule has 2 aromatic heterocycles. The summed E-state index contributed by atoms with van der Waals surface area (Å²) in [5.41, 5.74) is 3.30. The van der Waals surface area contributed by atoms with E-state index in [1.54, 1.807) is 7.11 Å². The largest absolute Gasteiger partial charge is 0.481 e. The molecule has 0 spiro atoms. The summed E-state index contributed by atoms with van der Waals surface area (Å²) in [4.78, 5) is 18.0. The summed E-state index contributed by atoms with van der Waals surface area (Å²) >= 11 is 0. The highest BCUT2D eigenvalue weighted by molar-refractivity contribution is 7.59. The van der Waals surface area contributed by atoms with Crippen LogP contribution in [-0.4, -0.2) is 46.2 Å². The number of pyridine rings is 1. The van der Waals surface area contributed by atoms with E-state index in [-0.39, 0.29) is 25.4 Å². The van der Waals surface area contributed by atoms with Gasteiger partial charge in [-0.1, -0.05) is 0 Å². The van der Waals surface area contributed by atoms with Crippen molar-refractivity contribution in [1.82, 2.24) is 20.1 Å². The number of H-pyrrole nitrogens is 1. The van der Waals surface area contributed by atoms with E-state index in [1.165, 1.54) is 18.9 Å². The van der Waals surface area contributed by atoms with Crippen molar-refractivity contribution in [2.45, 2.75) is 39.7 Å². The second-order valence-electron chi connectivity index (χ2n) is 7.08. The summed E-state index contributed by atoms with van der Waals surface area (Å²) in [6.07, 6.45) is 2.20. The number of carbonyl (C=O) groups is 1. The molecule has 2 N–H and O–H groups in total. The van der Waals surface area contributed by atoms with Crippen molar-refractivity contribution in [2.75, 3.05) is 25.5 Å². The molecule has 1 aliphatic heterocycles. The van der Waals surface area contributed by atoms with Gasteiger partial charge in [-0.2, -0.15) is 18.6 Å². The van der Waals surface area contributed by atoms with E-state index in [1.807, 2.05) is 19.1 Å². The van der Waals surface area contributed by atoms with Gasteiger partial charge in [-0.15, -0.1) is 0 Å². The Balaban J connectivity index is 0.00000261. The zero-order chi connectivity index (χ0) is 18.7. The molecule has 1 fully saturated rings. The normalized spacial score (nSPS) is 18.0. The van der Waals surface area contributed by atoms with Crippen LogP contribution in [0.5, 0.6) is 5.88 Å². The molecule has 2 atom stereocenters. The number of hydrogen-bond acceptors (Lipinski definition) is 5. The Kier molecular flexibility index (Phi) is 7.26. The molecule has 1 unspecified atom stereocenters. The summed E-state index contributed by atoms with van der Waals surface area (Å²) in [5, 5.41) is 9.91. The molecular formula is C19H29N5O2S. The Bertz CT molecular complexity index is 779. The number of ether oxygens (including phenoxy) is 1. The van der Waals surface area contributed by atoms with Gasteiger partial charge in [0.25, 0.3) is 0 Å². The first-order chi connectivity index (χ1) is 12.4. The molecule has 0 bridgehead atoms. The number of carbonyl (C=O) groups excluding carboxylic acids is 1. The van der Waals surface area contributed by atoms with Crippen molar-refractivity contribution >= 4 is 25.2 Å².